The molecule has 1 saturated heterocycles. The smallest absolute Gasteiger partial charge is 0.0822 e. The third kappa shape index (κ3) is 16.8. The normalized spacial score (nSPS) is 24.0. The Morgan fingerprint density at radius 1 is 0.208 bits per heavy atom. The molecule has 0 amide bonds. The molecule has 1 aliphatic heterocycles. The first-order chi connectivity index (χ1) is 12.0. The van der Waals surface area contributed by atoms with E-state index >= 15 is 0 Å². The maximum atomic E-state index is 5.27. The van der Waals surface area contributed by atoms with Crippen LogP contribution in [-0.4, -0.2) is 13.2 Å². The fraction of sp³-hybridized carbons (Fsp3) is 1.00. The highest BCUT2D eigenvalue weighted by Crippen LogP contribution is 2.15. The molecule has 0 aliphatic carbocycles. The van der Waals surface area contributed by atoms with Crippen molar-refractivity contribution in [1.82, 2.24) is 0 Å². The van der Waals surface area contributed by atoms with Gasteiger partial charge in [0.1, 0.15) is 0 Å². The lowest BCUT2D eigenvalue weighted by molar-refractivity contribution is -0.295. The van der Waals surface area contributed by atoms with Gasteiger partial charge in [-0.25, -0.2) is 9.78 Å². The summed E-state index contributed by atoms with van der Waals surface area (Å²) < 4.78 is 0. The van der Waals surface area contributed by atoms with E-state index in [-0.39, 0.29) is 0 Å². The third-order valence-corrected chi connectivity index (χ3v) is 5.29. The molecule has 2 heteroatoms. The van der Waals surface area contributed by atoms with Crippen LogP contribution < -0.4 is 0 Å². The Morgan fingerprint density at radius 2 is 0.375 bits per heavy atom. The summed E-state index contributed by atoms with van der Waals surface area (Å²) in [5.41, 5.74) is 0. The Hall–Kier alpha value is -0.0800. The summed E-state index contributed by atoms with van der Waals surface area (Å²) in [6, 6.07) is 0. The molecule has 0 aromatic rings. The van der Waals surface area contributed by atoms with Crippen LogP contribution in [-0.2, 0) is 9.78 Å². The average molecular weight is 341 g/mol. The van der Waals surface area contributed by atoms with Crippen molar-refractivity contribution in [2.24, 2.45) is 0 Å². The van der Waals surface area contributed by atoms with Crippen LogP contribution in [0.1, 0.15) is 128 Å². The molecule has 0 atom stereocenters. The second-order valence-electron chi connectivity index (χ2n) is 7.72. The molecule has 0 bridgehead atoms. The minimum Gasteiger partial charge on any atom is -0.237 e. The van der Waals surface area contributed by atoms with Crippen LogP contribution in [0.15, 0.2) is 0 Å². The summed E-state index contributed by atoms with van der Waals surface area (Å²) >= 11 is 0. The van der Waals surface area contributed by atoms with Gasteiger partial charge in [0.05, 0.1) is 13.2 Å². The predicted molar refractivity (Wildman–Crippen MR) is 104 cm³/mol. The molecule has 0 unspecified atom stereocenters. The van der Waals surface area contributed by atoms with Crippen LogP contribution in [0.4, 0.5) is 0 Å². The highest BCUT2D eigenvalue weighted by Gasteiger charge is 1.97. The molecule has 24 heavy (non-hydrogen) atoms. The maximum Gasteiger partial charge on any atom is 0.0822 e. The fourth-order valence-electron chi connectivity index (χ4n) is 3.62. The van der Waals surface area contributed by atoms with Crippen LogP contribution in [0.2, 0.25) is 0 Å². The second kappa shape index (κ2) is 19.2. The molecule has 1 aliphatic rings. The summed E-state index contributed by atoms with van der Waals surface area (Å²) in [5, 5.41) is 0. The minimum absolute atomic E-state index is 0.778. The van der Waals surface area contributed by atoms with E-state index in [4.69, 9.17) is 9.78 Å². The van der Waals surface area contributed by atoms with Gasteiger partial charge in [0.25, 0.3) is 0 Å². The lowest BCUT2D eigenvalue weighted by Crippen LogP contribution is -1.99. The number of rotatable bonds is 0. The van der Waals surface area contributed by atoms with E-state index in [1.165, 1.54) is 116 Å². The lowest BCUT2D eigenvalue weighted by Gasteiger charge is -2.06. The standard InChI is InChI=1S/C22H44O2/c1-2-4-6-8-10-12-14-16-18-20-22-24-23-21-19-17-15-13-11-9-7-5-3-1/h1-22H2. The van der Waals surface area contributed by atoms with Gasteiger partial charge >= 0.3 is 0 Å². The van der Waals surface area contributed by atoms with Crippen LogP contribution >= 0.6 is 0 Å². The van der Waals surface area contributed by atoms with Crippen LogP contribution in [0.3, 0.4) is 0 Å². The molecule has 0 aromatic heterocycles. The van der Waals surface area contributed by atoms with Crippen molar-refractivity contribution in [3.63, 3.8) is 0 Å². The average Bonchev–Trinajstić information content (AvgIpc) is 2.59. The molecule has 0 spiro atoms. The van der Waals surface area contributed by atoms with Crippen molar-refractivity contribution >= 4 is 0 Å². The Bertz CT molecular complexity index is 120. The topological polar surface area (TPSA) is 18.5 Å². The van der Waals surface area contributed by atoms with Crippen molar-refractivity contribution < 1.29 is 9.78 Å². The summed E-state index contributed by atoms with van der Waals surface area (Å²) in [4.78, 5) is 10.5. The van der Waals surface area contributed by atoms with E-state index in [2.05, 4.69) is 0 Å². The zero-order valence-corrected chi connectivity index (χ0v) is 16.4. The monoisotopic (exact) mass is 340 g/mol. The molecule has 0 aromatic carbocycles. The van der Waals surface area contributed by atoms with Gasteiger partial charge in [-0.3, -0.25) is 0 Å². The molecular weight excluding hydrogens is 296 g/mol. The Labute approximate surface area is 152 Å². The fourth-order valence-corrected chi connectivity index (χ4v) is 3.62. The predicted octanol–water partition coefficient (Wildman–Crippen LogP) is 7.75. The maximum absolute atomic E-state index is 5.27. The van der Waals surface area contributed by atoms with Gasteiger partial charge < -0.3 is 0 Å². The van der Waals surface area contributed by atoms with Crippen molar-refractivity contribution in [2.75, 3.05) is 13.2 Å². The van der Waals surface area contributed by atoms with Gasteiger partial charge in [-0.05, 0) is 12.8 Å². The molecule has 0 N–H and O–H groups in total. The van der Waals surface area contributed by atoms with Gasteiger partial charge in [-0.15, -0.1) is 0 Å². The number of hydrogen-bond donors (Lipinski definition) is 0. The first-order valence-electron chi connectivity index (χ1n) is 11.2. The zero-order valence-electron chi connectivity index (χ0n) is 16.4. The Balaban J connectivity index is 2.00. The van der Waals surface area contributed by atoms with E-state index in [9.17, 15) is 0 Å². The molecule has 0 radical (unpaired) electrons. The highest BCUT2D eigenvalue weighted by molar-refractivity contribution is 4.51. The Morgan fingerprint density at radius 3 is 0.583 bits per heavy atom. The van der Waals surface area contributed by atoms with Gasteiger partial charge in [-0.1, -0.05) is 116 Å². The van der Waals surface area contributed by atoms with Crippen LogP contribution in [0, 0.1) is 0 Å². The van der Waals surface area contributed by atoms with Crippen molar-refractivity contribution in [2.45, 2.75) is 128 Å². The summed E-state index contributed by atoms with van der Waals surface area (Å²) in [6.07, 6.45) is 27.9. The van der Waals surface area contributed by atoms with Gasteiger partial charge in [0, 0.05) is 0 Å². The molecule has 1 rings (SSSR count). The lowest BCUT2D eigenvalue weighted by atomic mass is 10.0. The summed E-state index contributed by atoms with van der Waals surface area (Å²) in [7, 11) is 0. The van der Waals surface area contributed by atoms with Crippen molar-refractivity contribution in [3.05, 3.63) is 0 Å². The van der Waals surface area contributed by atoms with E-state index < -0.39 is 0 Å². The largest absolute Gasteiger partial charge is 0.237 e. The van der Waals surface area contributed by atoms with E-state index in [1.807, 2.05) is 0 Å². The Kier molecular flexibility index (Phi) is 17.6. The number of hydrogen-bond acceptors (Lipinski definition) is 2. The molecule has 0 saturated carbocycles. The van der Waals surface area contributed by atoms with Crippen molar-refractivity contribution in [1.29, 1.82) is 0 Å². The summed E-state index contributed by atoms with van der Waals surface area (Å²) in [6.45, 7) is 1.56. The second-order valence-corrected chi connectivity index (χ2v) is 7.72. The van der Waals surface area contributed by atoms with E-state index in [0.29, 0.717) is 0 Å². The molecular formula is C22H44O2. The molecule has 144 valence electrons. The minimum atomic E-state index is 0.778. The first-order valence-corrected chi connectivity index (χ1v) is 11.2. The van der Waals surface area contributed by atoms with Gasteiger partial charge in [0.15, 0.2) is 0 Å². The third-order valence-electron chi connectivity index (χ3n) is 5.29. The highest BCUT2D eigenvalue weighted by atomic mass is 17.2. The molecule has 2 nitrogen and oxygen atoms in total. The van der Waals surface area contributed by atoms with Crippen LogP contribution in [0.5, 0.6) is 0 Å². The van der Waals surface area contributed by atoms with E-state index in [0.717, 1.165) is 26.1 Å². The van der Waals surface area contributed by atoms with Gasteiger partial charge in [0.2, 0.25) is 0 Å². The van der Waals surface area contributed by atoms with Crippen molar-refractivity contribution in [3.8, 4) is 0 Å². The van der Waals surface area contributed by atoms with Crippen LogP contribution in [0.25, 0.3) is 0 Å². The summed E-state index contributed by atoms with van der Waals surface area (Å²) in [5.74, 6) is 0. The zero-order chi connectivity index (χ0) is 17.0. The van der Waals surface area contributed by atoms with E-state index in [1.54, 1.807) is 0 Å². The quantitative estimate of drug-likeness (QED) is 0.420. The first kappa shape index (κ1) is 22.0. The SMILES string of the molecule is C1CCCCCCCCCCCOOCCCCCCCCCC1. The van der Waals surface area contributed by atoms with Gasteiger partial charge in [-0.2, -0.15) is 0 Å². The molecule has 1 fully saturated rings. The molecule has 1 heterocycles.